The van der Waals surface area contributed by atoms with Gasteiger partial charge in [-0.05, 0) is 24.1 Å². The van der Waals surface area contributed by atoms with Crippen LogP contribution in [0.25, 0.3) is 0 Å². The van der Waals surface area contributed by atoms with E-state index in [9.17, 15) is 4.57 Å². The maximum Gasteiger partial charge on any atom is 1.00 e. The molecule has 1 rings (SSSR count). The van der Waals surface area contributed by atoms with Crippen LogP contribution in [0.4, 0.5) is 0 Å². The van der Waals surface area contributed by atoms with Gasteiger partial charge in [0, 0.05) is 0 Å². The molecule has 16 heavy (non-hydrogen) atoms. The third-order valence-electron chi connectivity index (χ3n) is 1.73. The number of phenolic OH excluding ortho intramolecular Hbond substituents is 2. The van der Waals surface area contributed by atoms with Gasteiger partial charge in [0.15, 0.2) is 11.5 Å². The van der Waals surface area contributed by atoms with Crippen molar-refractivity contribution in [2.45, 2.75) is 6.42 Å². The van der Waals surface area contributed by atoms with Gasteiger partial charge in [0.2, 0.25) is 0 Å². The van der Waals surface area contributed by atoms with Crippen LogP contribution in [0.15, 0.2) is 18.2 Å². The van der Waals surface area contributed by atoms with E-state index < -0.39 is 7.60 Å². The second-order valence-corrected chi connectivity index (χ2v) is 4.74. The van der Waals surface area contributed by atoms with Crippen molar-refractivity contribution in [1.82, 2.24) is 0 Å². The fourth-order valence-corrected chi connectivity index (χ4v) is 1.55. The predicted octanol–water partition coefficient (Wildman–Crippen LogP) is -4.95. The Balaban J connectivity index is -0.000000245. The first-order valence-corrected chi connectivity index (χ1v) is 5.74. The molecular formula is C8H13Na2O5P. The first kappa shape index (κ1) is 19.3. The van der Waals surface area contributed by atoms with Gasteiger partial charge in [-0.25, -0.2) is 0 Å². The number of phenols is 2. The van der Waals surface area contributed by atoms with Crippen molar-refractivity contribution in [3.05, 3.63) is 23.8 Å². The first-order chi connectivity index (χ1) is 6.38. The molecule has 4 N–H and O–H groups in total. The number of hydrogen-bond donors (Lipinski definition) is 4. The molecule has 1 aromatic carbocycles. The van der Waals surface area contributed by atoms with Crippen LogP contribution < -0.4 is 59.1 Å². The van der Waals surface area contributed by atoms with Crippen LogP contribution >= 0.6 is 7.60 Å². The zero-order chi connectivity index (χ0) is 10.8. The topological polar surface area (TPSA) is 98.0 Å². The van der Waals surface area contributed by atoms with Gasteiger partial charge in [0.1, 0.15) is 0 Å². The molecule has 0 aliphatic heterocycles. The number of benzene rings is 1. The monoisotopic (exact) mass is 266 g/mol. The normalized spacial score (nSPS) is 10.1. The van der Waals surface area contributed by atoms with Gasteiger partial charge in [-0.15, -0.1) is 0 Å². The molecule has 0 amide bonds. The molecule has 1 aromatic rings. The Morgan fingerprint density at radius 1 is 1.12 bits per heavy atom. The molecule has 0 spiro atoms. The molecule has 0 saturated heterocycles. The van der Waals surface area contributed by atoms with E-state index >= 15 is 0 Å². The van der Waals surface area contributed by atoms with Crippen molar-refractivity contribution in [3.8, 4) is 11.5 Å². The minimum Gasteiger partial charge on any atom is -1.00 e. The summed E-state index contributed by atoms with van der Waals surface area (Å²) in [4.78, 5) is 17.2. The largest absolute Gasteiger partial charge is 1.00 e. The number of aryl methyl sites for hydroxylation is 1. The second-order valence-electron chi connectivity index (χ2n) is 2.96. The Kier molecular flexibility index (Phi) is 9.82. The minimum atomic E-state index is -4.00. The van der Waals surface area contributed by atoms with Crippen molar-refractivity contribution in [2.24, 2.45) is 0 Å². The fraction of sp³-hybridized carbons (Fsp3) is 0.250. The van der Waals surface area contributed by atoms with Crippen molar-refractivity contribution >= 4 is 7.60 Å². The standard InChI is InChI=1S/C8H11O5P.2Na.2H/c9-7-2-1-6(5-8(7)10)3-4-14(11,12)13;;;;/h1-2,5,9-10H,3-4H2,(H2,11,12,13);;;;/q;2*+1;2*-1. The van der Waals surface area contributed by atoms with Crippen molar-refractivity contribution in [1.29, 1.82) is 0 Å². The third-order valence-corrected chi connectivity index (χ3v) is 2.54. The molecule has 5 nitrogen and oxygen atoms in total. The van der Waals surface area contributed by atoms with E-state index in [1.54, 1.807) is 0 Å². The van der Waals surface area contributed by atoms with Gasteiger partial charge in [0.25, 0.3) is 0 Å². The molecule has 82 valence electrons. The number of aromatic hydroxyl groups is 2. The Labute approximate surface area is 141 Å². The van der Waals surface area contributed by atoms with Crippen LogP contribution in [-0.2, 0) is 11.0 Å². The smallest absolute Gasteiger partial charge is 1.00 e. The molecule has 0 aliphatic carbocycles. The number of hydrogen-bond acceptors (Lipinski definition) is 3. The average Bonchev–Trinajstić information content (AvgIpc) is 2.06. The van der Waals surface area contributed by atoms with Crippen LogP contribution in [-0.4, -0.2) is 26.2 Å². The van der Waals surface area contributed by atoms with Crippen molar-refractivity contribution in [3.63, 3.8) is 0 Å². The third kappa shape index (κ3) is 7.33. The quantitative estimate of drug-likeness (QED) is 0.250. The van der Waals surface area contributed by atoms with E-state index in [1.807, 2.05) is 0 Å². The van der Waals surface area contributed by atoms with Gasteiger partial charge >= 0.3 is 66.7 Å². The van der Waals surface area contributed by atoms with E-state index in [2.05, 4.69) is 0 Å². The summed E-state index contributed by atoms with van der Waals surface area (Å²) in [5, 5.41) is 18.1. The van der Waals surface area contributed by atoms with Crippen LogP contribution in [0.3, 0.4) is 0 Å². The molecule has 0 heterocycles. The van der Waals surface area contributed by atoms with Crippen molar-refractivity contribution in [2.75, 3.05) is 6.16 Å². The zero-order valence-electron chi connectivity index (χ0n) is 11.3. The number of rotatable bonds is 3. The Morgan fingerprint density at radius 2 is 1.69 bits per heavy atom. The summed E-state index contributed by atoms with van der Waals surface area (Å²) >= 11 is 0. The Bertz CT molecular complexity index is 388. The maximum atomic E-state index is 10.5. The minimum absolute atomic E-state index is 0. The molecule has 0 saturated carbocycles. The fourth-order valence-electron chi connectivity index (χ4n) is 0.999. The summed E-state index contributed by atoms with van der Waals surface area (Å²) in [5.41, 5.74) is 0.573. The van der Waals surface area contributed by atoms with Gasteiger partial charge in [0.05, 0.1) is 6.16 Å². The first-order valence-electron chi connectivity index (χ1n) is 3.94. The maximum absolute atomic E-state index is 10.5. The molecule has 0 fully saturated rings. The molecule has 0 unspecified atom stereocenters. The van der Waals surface area contributed by atoms with E-state index in [0.29, 0.717) is 5.56 Å². The molecule has 0 atom stereocenters. The molecule has 0 aliphatic rings. The SMILES string of the molecule is O=P(O)(O)CCc1ccc(O)c(O)c1.[H-].[H-].[Na+].[Na+]. The van der Waals surface area contributed by atoms with Gasteiger partial charge < -0.3 is 22.9 Å². The second kappa shape index (κ2) is 8.14. The molecule has 8 heteroatoms. The Hall–Kier alpha value is 0.970. The summed E-state index contributed by atoms with van der Waals surface area (Å²) in [7, 11) is -4.00. The van der Waals surface area contributed by atoms with Crippen molar-refractivity contribution < 1.29 is 86.5 Å². The summed E-state index contributed by atoms with van der Waals surface area (Å²) < 4.78 is 10.5. The predicted molar refractivity (Wildman–Crippen MR) is 52.6 cm³/mol. The van der Waals surface area contributed by atoms with E-state index in [0.717, 1.165) is 0 Å². The average molecular weight is 266 g/mol. The van der Waals surface area contributed by atoms with Crippen LogP contribution in [0.1, 0.15) is 8.42 Å². The van der Waals surface area contributed by atoms with E-state index in [1.165, 1.54) is 18.2 Å². The zero-order valence-corrected chi connectivity index (χ0v) is 14.2. The van der Waals surface area contributed by atoms with Crippen LogP contribution in [0.5, 0.6) is 11.5 Å². The summed E-state index contributed by atoms with van der Waals surface area (Å²) in [6.45, 7) is 0. The molecule has 0 aromatic heterocycles. The van der Waals surface area contributed by atoms with Gasteiger partial charge in [-0.1, -0.05) is 6.07 Å². The van der Waals surface area contributed by atoms with Gasteiger partial charge in [-0.3, -0.25) is 4.57 Å². The summed E-state index contributed by atoms with van der Waals surface area (Å²) in [6.07, 6.45) is -0.102. The Morgan fingerprint density at radius 3 is 2.12 bits per heavy atom. The molecular weight excluding hydrogens is 253 g/mol. The van der Waals surface area contributed by atoms with Gasteiger partial charge in [-0.2, -0.15) is 0 Å². The van der Waals surface area contributed by atoms with E-state index in [4.69, 9.17) is 20.0 Å². The van der Waals surface area contributed by atoms with Crippen LogP contribution in [0, 0.1) is 0 Å². The summed E-state index contributed by atoms with van der Waals surface area (Å²) in [5.74, 6) is -0.529. The molecule has 0 bridgehead atoms. The summed E-state index contributed by atoms with van der Waals surface area (Å²) in [6, 6.07) is 4.07. The molecule has 0 radical (unpaired) electrons. The van der Waals surface area contributed by atoms with E-state index in [-0.39, 0.29) is 86.0 Å². The van der Waals surface area contributed by atoms with Crippen LogP contribution in [0.2, 0.25) is 0 Å².